The highest BCUT2D eigenvalue weighted by Gasteiger charge is 2.54. The third kappa shape index (κ3) is 8.89. The van der Waals surface area contributed by atoms with Gasteiger partial charge in [0.1, 0.15) is 0 Å². The first-order valence-corrected chi connectivity index (χ1v) is 27.9. The summed E-state index contributed by atoms with van der Waals surface area (Å²) in [5, 5.41) is 1.18. The molecule has 0 radical (unpaired) electrons. The Kier molecular flexibility index (Phi) is 14.5. The fourth-order valence-electron chi connectivity index (χ4n) is 12.8. The van der Waals surface area contributed by atoms with Gasteiger partial charge in [-0.3, -0.25) is 4.99 Å². The third-order valence-corrected chi connectivity index (χ3v) is 17.6. The summed E-state index contributed by atoms with van der Waals surface area (Å²) in [5.74, 6) is 0. The predicted molar refractivity (Wildman–Crippen MR) is 322 cm³/mol. The highest BCUT2D eigenvalue weighted by atomic mass is 32.1. The van der Waals surface area contributed by atoms with E-state index in [0.717, 1.165) is 42.6 Å². The quantitative estimate of drug-likeness (QED) is 0.139. The lowest BCUT2D eigenvalue weighted by molar-refractivity contribution is 0.524. The Balaban J connectivity index is 0.000000149. The standard InChI is InChI=1S/C36H34N2.C24H21NS.C8H11N.C2H6/c1-35(2)28-14-6-8-16-30(28)36(31-17-9-7-15-29(31)35)27-20-19-23(22-37)21-26(27)33-25(13-10-18-32(33)36)34(38)24-11-4-3-5-12-24;1-24(2)19-9-5-3-7-16(19)17-12-11-15(13-20(17)24)14-22-23(25)18-8-4-6-10-21(18)26-22;1-9-7-8-5-3-2-4-6-8;1-2/h3-6,8-14,16-21,34H,7,15,22,37-38H2,1-2H3;3-13H,14,25H2,1-2H3;3,5-6H,1-2,4,7H2;1-2H3. The molecule has 13 rings (SSSR count). The molecule has 0 amide bonds. The second-order valence-corrected chi connectivity index (χ2v) is 22.4. The number of allylic oxidation sites excluding steroid dienone is 6. The van der Waals surface area contributed by atoms with Gasteiger partial charge in [0, 0.05) is 38.8 Å². The first kappa shape index (κ1) is 51.3. The van der Waals surface area contributed by atoms with Gasteiger partial charge in [0.25, 0.3) is 0 Å². The lowest BCUT2D eigenvalue weighted by Crippen LogP contribution is -2.41. The molecule has 4 nitrogen and oxygen atoms in total. The molecule has 5 heteroatoms. The van der Waals surface area contributed by atoms with Crippen molar-refractivity contribution in [3.05, 3.63) is 265 Å². The number of nitrogen functional groups attached to an aromatic ring is 1. The van der Waals surface area contributed by atoms with E-state index in [-0.39, 0.29) is 22.3 Å². The van der Waals surface area contributed by atoms with Crippen molar-refractivity contribution in [3.8, 4) is 22.3 Å². The van der Waals surface area contributed by atoms with Crippen LogP contribution >= 0.6 is 11.3 Å². The zero-order valence-corrected chi connectivity index (χ0v) is 45.5. The smallest absolute Gasteiger partial charge is 0.0716 e. The Morgan fingerprint density at radius 3 is 2.04 bits per heavy atom. The maximum absolute atomic E-state index is 7.05. The van der Waals surface area contributed by atoms with Crippen molar-refractivity contribution in [2.24, 2.45) is 16.5 Å². The molecule has 1 aromatic heterocycles. The predicted octanol–water partition coefficient (Wildman–Crippen LogP) is 16.8. The number of nitrogens with two attached hydrogens (primary N) is 3. The Morgan fingerprint density at radius 1 is 0.613 bits per heavy atom. The second kappa shape index (κ2) is 21.2. The van der Waals surface area contributed by atoms with Crippen LogP contribution in [0.1, 0.15) is 134 Å². The monoisotopic (exact) mass is 1000 g/mol. The van der Waals surface area contributed by atoms with Gasteiger partial charge in [-0.2, -0.15) is 0 Å². The van der Waals surface area contributed by atoms with Gasteiger partial charge in [0.2, 0.25) is 0 Å². The molecule has 7 aromatic carbocycles. The lowest BCUT2D eigenvalue weighted by Gasteiger charge is -2.48. The van der Waals surface area contributed by atoms with Crippen LogP contribution in [-0.2, 0) is 29.2 Å². The van der Waals surface area contributed by atoms with Crippen LogP contribution in [0, 0.1) is 0 Å². The SMILES string of the molecule is C=NCC1=CCCC=C1.CC.CC1(C)C2=C(C=CCC2)C2(c3ccc(CN)cc3-c3c(C(N)c4ccccc4)cccc32)c2ccccc21.CC1(C)c2ccccc2-c2ccc(Cc3sc4ccccc4c3N)cc21. The molecule has 0 bridgehead atoms. The van der Waals surface area contributed by atoms with Crippen molar-refractivity contribution in [1.82, 2.24) is 0 Å². The molecule has 8 aromatic rings. The molecule has 2 atom stereocenters. The van der Waals surface area contributed by atoms with E-state index in [0.29, 0.717) is 6.54 Å². The minimum atomic E-state index is -0.372. The molecule has 0 fully saturated rings. The van der Waals surface area contributed by atoms with Crippen molar-refractivity contribution in [2.75, 3.05) is 12.3 Å². The number of nitrogens with zero attached hydrogens (tertiary/aromatic N) is 1. The fourth-order valence-corrected chi connectivity index (χ4v) is 14.0. The molecule has 1 spiro atoms. The van der Waals surface area contributed by atoms with Gasteiger partial charge in [0.05, 0.1) is 23.7 Å². The first-order chi connectivity index (χ1) is 36.5. The molecule has 5 aliphatic rings. The molecular weight excluding hydrogens is 929 g/mol. The average molecular weight is 1000 g/mol. The largest absolute Gasteiger partial charge is 0.397 e. The zero-order chi connectivity index (χ0) is 52.5. The van der Waals surface area contributed by atoms with Crippen LogP contribution in [0.15, 0.2) is 210 Å². The fraction of sp³-hybridized carbons (Fsp3) is 0.243. The molecular formula is C70H72N4S. The van der Waals surface area contributed by atoms with E-state index in [4.69, 9.17) is 17.2 Å². The zero-order valence-electron chi connectivity index (χ0n) is 44.7. The van der Waals surface area contributed by atoms with Crippen LogP contribution in [0.5, 0.6) is 0 Å². The summed E-state index contributed by atoms with van der Waals surface area (Å²) in [5.41, 5.74) is 43.0. The summed E-state index contributed by atoms with van der Waals surface area (Å²) in [4.78, 5) is 5.05. The summed E-state index contributed by atoms with van der Waals surface area (Å²) in [6.45, 7) is 18.2. The van der Waals surface area contributed by atoms with E-state index in [1.165, 1.54) is 106 Å². The van der Waals surface area contributed by atoms with Crippen LogP contribution in [0.2, 0.25) is 0 Å². The third-order valence-electron chi connectivity index (χ3n) is 16.4. The molecule has 2 unspecified atom stereocenters. The molecule has 0 saturated carbocycles. The minimum Gasteiger partial charge on any atom is -0.397 e. The molecule has 378 valence electrons. The van der Waals surface area contributed by atoms with Gasteiger partial charge in [-0.25, -0.2) is 0 Å². The number of rotatable bonds is 7. The van der Waals surface area contributed by atoms with Gasteiger partial charge in [0.15, 0.2) is 0 Å². The summed E-state index contributed by atoms with van der Waals surface area (Å²) in [6, 6.07) is 57.2. The highest BCUT2D eigenvalue weighted by Crippen LogP contribution is 2.64. The number of thiophene rings is 1. The van der Waals surface area contributed by atoms with Crippen LogP contribution in [-0.4, -0.2) is 13.3 Å². The number of hydrogen-bond acceptors (Lipinski definition) is 5. The number of anilines is 1. The van der Waals surface area contributed by atoms with E-state index < -0.39 is 0 Å². The highest BCUT2D eigenvalue weighted by molar-refractivity contribution is 7.19. The summed E-state index contributed by atoms with van der Waals surface area (Å²) >= 11 is 1.81. The van der Waals surface area contributed by atoms with Crippen molar-refractivity contribution >= 4 is 33.8 Å². The Hall–Kier alpha value is -7.15. The second-order valence-electron chi connectivity index (χ2n) is 21.3. The summed E-state index contributed by atoms with van der Waals surface area (Å²) in [7, 11) is 0. The van der Waals surface area contributed by atoms with Gasteiger partial charge < -0.3 is 17.2 Å². The van der Waals surface area contributed by atoms with Crippen LogP contribution in [0.25, 0.3) is 32.3 Å². The molecule has 5 aliphatic carbocycles. The van der Waals surface area contributed by atoms with Crippen LogP contribution in [0.4, 0.5) is 5.69 Å². The molecule has 75 heavy (non-hydrogen) atoms. The molecule has 0 saturated heterocycles. The van der Waals surface area contributed by atoms with E-state index >= 15 is 0 Å². The van der Waals surface area contributed by atoms with E-state index in [1.807, 2.05) is 31.3 Å². The Morgan fingerprint density at radius 2 is 1.29 bits per heavy atom. The van der Waals surface area contributed by atoms with E-state index in [1.54, 1.807) is 5.57 Å². The minimum absolute atomic E-state index is 0.0277. The van der Waals surface area contributed by atoms with E-state index in [9.17, 15) is 0 Å². The number of aliphatic imine (C=N–C) groups is 1. The van der Waals surface area contributed by atoms with Crippen molar-refractivity contribution < 1.29 is 0 Å². The van der Waals surface area contributed by atoms with Gasteiger partial charge >= 0.3 is 0 Å². The molecule has 0 aliphatic heterocycles. The average Bonchev–Trinajstić information content (AvgIpc) is 4.11. The summed E-state index contributed by atoms with van der Waals surface area (Å²) in [6.07, 6.45) is 16.7. The van der Waals surface area contributed by atoms with Crippen molar-refractivity contribution in [1.29, 1.82) is 0 Å². The van der Waals surface area contributed by atoms with Gasteiger partial charge in [-0.05, 0) is 134 Å². The number of benzene rings is 7. The molecule has 1 heterocycles. The van der Waals surface area contributed by atoms with Crippen LogP contribution in [0.3, 0.4) is 0 Å². The number of hydrogen-bond donors (Lipinski definition) is 3. The van der Waals surface area contributed by atoms with Crippen molar-refractivity contribution in [3.63, 3.8) is 0 Å². The van der Waals surface area contributed by atoms with Gasteiger partial charge in [-0.15, -0.1) is 11.3 Å². The van der Waals surface area contributed by atoms with E-state index in [2.05, 4.69) is 221 Å². The number of fused-ring (bicyclic) bond motifs is 12. The normalized spacial score (nSPS) is 17.8. The Labute approximate surface area is 450 Å². The maximum Gasteiger partial charge on any atom is 0.0716 e. The maximum atomic E-state index is 7.05. The van der Waals surface area contributed by atoms with Crippen molar-refractivity contribution in [2.45, 2.75) is 102 Å². The first-order valence-electron chi connectivity index (χ1n) is 27.0. The van der Waals surface area contributed by atoms with Crippen LogP contribution < -0.4 is 17.2 Å². The molecule has 6 N–H and O–H groups in total. The van der Waals surface area contributed by atoms with Gasteiger partial charge in [-0.1, -0.05) is 223 Å². The topological polar surface area (TPSA) is 90.4 Å². The summed E-state index contributed by atoms with van der Waals surface area (Å²) < 4.78 is 1.27. The lowest BCUT2D eigenvalue weighted by atomic mass is 9.54. The Bertz CT molecular complexity index is 3560.